The van der Waals surface area contributed by atoms with E-state index in [1.807, 2.05) is 0 Å². The molecule has 1 atom stereocenters. The Kier molecular flexibility index (Phi) is 6.29. The Balaban J connectivity index is 1.68. The van der Waals surface area contributed by atoms with Crippen molar-refractivity contribution in [3.8, 4) is 11.1 Å². The zero-order valence-corrected chi connectivity index (χ0v) is 18.0. The van der Waals surface area contributed by atoms with Crippen LogP contribution < -0.4 is 5.63 Å². The number of benzene rings is 2. The first-order valence-electron chi connectivity index (χ1n) is 10.3. The lowest BCUT2D eigenvalue weighted by Crippen LogP contribution is -2.42. The summed E-state index contributed by atoms with van der Waals surface area (Å²) >= 11 is 6.17. The molecule has 2 aromatic carbocycles. The number of carbonyl (C=O) groups is 3. The molecule has 2 heterocycles. The topological polar surface area (TPSA) is 105 Å². The molecule has 1 unspecified atom stereocenters. The molecule has 0 aliphatic carbocycles. The standard InChI is InChI=1S/C24H19ClFNO6/c25-20-10-15(26)2-4-16(20)18-11-22(29)33-21-9-14(1-3-17(18)21)19(12-28)23(30)27-7-5-13(6-8-27)24(31)32/h1-4,9-13,19H,5-8H2,(H,31,32). The van der Waals surface area contributed by atoms with Gasteiger partial charge in [0.15, 0.2) is 0 Å². The van der Waals surface area contributed by atoms with E-state index in [0.29, 0.717) is 41.2 Å². The van der Waals surface area contributed by atoms with Gasteiger partial charge in [-0.2, -0.15) is 0 Å². The van der Waals surface area contributed by atoms with Crippen LogP contribution in [0.1, 0.15) is 24.3 Å². The minimum atomic E-state index is -1.13. The van der Waals surface area contributed by atoms with E-state index in [0.717, 1.165) is 6.07 Å². The molecule has 4 rings (SSSR count). The minimum absolute atomic E-state index is 0.122. The lowest BCUT2D eigenvalue weighted by molar-refractivity contribution is -0.146. The van der Waals surface area contributed by atoms with Gasteiger partial charge in [-0.05, 0) is 42.7 Å². The third-order valence-corrected chi connectivity index (χ3v) is 6.22. The van der Waals surface area contributed by atoms with E-state index in [4.69, 9.17) is 21.1 Å². The molecule has 1 aromatic heterocycles. The molecule has 0 bridgehead atoms. The van der Waals surface area contributed by atoms with Crippen LogP contribution in [-0.4, -0.2) is 41.3 Å². The summed E-state index contributed by atoms with van der Waals surface area (Å²) in [5.41, 5.74) is 0.698. The lowest BCUT2D eigenvalue weighted by atomic mass is 9.93. The van der Waals surface area contributed by atoms with Gasteiger partial charge in [-0.25, -0.2) is 9.18 Å². The number of aldehydes is 1. The van der Waals surface area contributed by atoms with E-state index in [2.05, 4.69) is 0 Å². The van der Waals surface area contributed by atoms with Crippen molar-refractivity contribution < 1.29 is 28.3 Å². The van der Waals surface area contributed by atoms with Crippen LogP contribution in [0.4, 0.5) is 4.39 Å². The summed E-state index contributed by atoms with van der Waals surface area (Å²) in [6.45, 7) is 0.492. The number of halogens is 2. The van der Waals surface area contributed by atoms with Crippen LogP contribution in [0.25, 0.3) is 22.1 Å². The van der Waals surface area contributed by atoms with Crippen molar-refractivity contribution in [2.24, 2.45) is 5.92 Å². The zero-order valence-electron chi connectivity index (χ0n) is 17.3. The zero-order chi connectivity index (χ0) is 23.7. The number of hydrogen-bond acceptors (Lipinski definition) is 5. The molecule has 33 heavy (non-hydrogen) atoms. The number of carboxylic acid groups (broad SMARTS) is 1. The number of likely N-dealkylation sites (tertiary alicyclic amines) is 1. The van der Waals surface area contributed by atoms with Gasteiger partial charge in [-0.3, -0.25) is 9.59 Å². The fraction of sp³-hybridized carbons (Fsp3) is 0.250. The molecule has 1 N–H and O–H groups in total. The van der Waals surface area contributed by atoms with Gasteiger partial charge in [0.25, 0.3) is 0 Å². The highest BCUT2D eigenvalue weighted by atomic mass is 35.5. The minimum Gasteiger partial charge on any atom is -0.481 e. The van der Waals surface area contributed by atoms with Crippen molar-refractivity contribution >= 4 is 40.7 Å². The molecule has 1 saturated heterocycles. The van der Waals surface area contributed by atoms with Crippen LogP contribution in [-0.2, 0) is 14.4 Å². The number of carboxylic acids is 1. The van der Waals surface area contributed by atoms with Crippen LogP contribution in [0.15, 0.2) is 51.7 Å². The van der Waals surface area contributed by atoms with Crippen molar-refractivity contribution in [3.05, 3.63) is 69.3 Å². The Hall–Kier alpha value is -3.52. The van der Waals surface area contributed by atoms with Crippen molar-refractivity contribution in [2.75, 3.05) is 13.1 Å². The van der Waals surface area contributed by atoms with Gasteiger partial charge in [0.1, 0.15) is 23.6 Å². The number of amides is 1. The van der Waals surface area contributed by atoms with Gasteiger partial charge < -0.3 is 19.2 Å². The van der Waals surface area contributed by atoms with E-state index >= 15 is 0 Å². The van der Waals surface area contributed by atoms with E-state index in [1.165, 1.54) is 29.2 Å². The quantitative estimate of drug-likeness (QED) is 0.344. The van der Waals surface area contributed by atoms with Crippen molar-refractivity contribution in [1.29, 1.82) is 0 Å². The third-order valence-electron chi connectivity index (χ3n) is 5.91. The van der Waals surface area contributed by atoms with Gasteiger partial charge in [0.2, 0.25) is 5.91 Å². The fourth-order valence-electron chi connectivity index (χ4n) is 4.13. The third kappa shape index (κ3) is 4.52. The maximum atomic E-state index is 13.5. The van der Waals surface area contributed by atoms with E-state index in [1.54, 1.807) is 12.1 Å². The largest absolute Gasteiger partial charge is 0.481 e. The molecule has 9 heteroatoms. The summed E-state index contributed by atoms with van der Waals surface area (Å²) in [6, 6.07) is 9.73. The Bertz CT molecular complexity index is 1310. The van der Waals surface area contributed by atoms with Crippen molar-refractivity contribution in [2.45, 2.75) is 18.8 Å². The summed E-state index contributed by atoms with van der Waals surface area (Å²) in [6.07, 6.45) is 1.16. The number of rotatable bonds is 5. The Morgan fingerprint density at radius 3 is 2.48 bits per heavy atom. The van der Waals surface area contributed by atoms with Crippen LogP contribution in [0.2, 0.25) is 5.02 Å². The summed E-state index contributed by atoms with van der Waals surface area (Å²) in [4.78, 5) is 49.6. The van der Waals surface area contributed by atoms with E-state index in [9.17, 15) is 23.6 Å². The summed E-state index contributed by atoms with van der Waals surface area (Å²) in [7, 11) is 0. The Labute approximate surface area is 192 Å². The molecule has 1 aliphatic rings. The van der Waals surface area contributed by atoms with E-state index in [-0.39, 0.29) is 23.7 Å². The molecule has 1 aliphatic heterocycles. The summed E-state index contributed by atoms with van der Waals surface area (Å²) in [5.74, 6) is -3.48. The van der Waals surface area contributed by atoms with Crippen LogP contribution in [0.5, 0.6) is 0 Å². The number of aliphatic carboxylic acids is 1. The average Bonchev–Trinajstić information content (AvgIpc) is 2.79. The van der Waals surface area contributed by atoms with Gasteiger partial charge in [0, 0.05) is 35.7 Å². The molecule has 1 amide bonds. The highest BCUT2D eigenvalue weighted by Crippen LogP contribution is 2.34. The maximum Gasteiger partial charge on any atom is 0.336 e. The molecule has 3 aromatic rings. The Morgan fingerprint density at radius 1 is 1.12 bits per heavy atom. The number of nitrogens with zero attached hydrogens (tertiary/aromatic N) is 1. The van der Waals surface area contributed by atoms with Gasteiger partial charge in [-0.15, -0.1) is 0 Å². The van der Waals surface area contributed by atoms with Gasteiger partial charge >= 0.3 is 11.6 Å². The van der Waals surface area contributed by atoms with Crippen LogP contribution >= 0.6 is 11.6 Å². The molecular weight excluding hydrogens is 453 g/mol. The molecule has 170 valence electrons. The SMILES string of the molecule is O=CC(C(=O)N1CCC(C(=O)O)CC1)c1ccc2c(-c3ccc(F)cc3Cl)cc(=O)oc2c1. The number of carbonyl (C=O) groups excluding carboxylic acids is 2. The Morgan fingerprint density at radius 2 is 1.85 bits per heavy atom. The highest BCUT2D eigenvalue weighted by molar-refractivity contribution is 6.33. The molecule has 7 nitrogen and oxygen atoms in total. The normalized spacial score (nSPS) is 15.4. The van der Waals surface area contributed by atoms with Gasteiger partial charge in [0.05, 0.1) is 10.9 Å². The molecule has 0 radical (unpaired) electrons. The highest BCUT2D eigenvalue weighted by Gasteiger charge is 2.31. The monoisotopic (exact) mass is 471 g/mol. The number of piperidine rings is 1. The number of fused-ring (bicyclic) bond motifs is 1. The molecular formula is C24H19ClFNO6. The predicted octanol–water partition coefficient (Wildman–Crippen LogP) is 3.86. The van der Waals surface area contributed by atoms with Crippen LogP contribution in [0.3, 0.4) is 0 Å². The fourth-order valence-corrected chi connectivity index (χ4v) is 4.40. The lowest BCUT2D eigenvalue weighted by Gasteiger charge is -2.31. The molecule has 0 spiro atoms. The first kappa shape index (κ1) is 22.7. The first-order chi connectivity index (χ1) is 15.8. The van der Waals surface area contributed by atoms with Crippen molar-refractivity contribution in [1.82, 2.24) is 4.90 Å². The molecule has 0 saturated carbocycles. The average molecular weight is 472 g/mol. The maximum absolute atomic E-state index is 13.5. The van der Waals surface area contributed by atoms with Crippen molar-refractivity contribution in [3.63, 3.8) is 0 Å². The first-order valence-corrected chi connectivity index (χ1v) is 10.7. The van der Waals surface area contributed by atoms with Gasteiger partial charge in [-0.1, -0.05) is 23.7 Å². The predicted molar refractivity (Wildman–Crippen MR) is 119 cm³/mol. The number of hydrogen-bond donors (Lipinski definition) is 1. The smallest absolute Gasteiger partial charge is 0.336 e. The second-order valence-corrected chi connectivity index (χ2v) is 8.32. The summed E-state index contributed by atoms with van der Waals surface area (Å²) < 4.78 is 18.8. The van der Waals surface area contributed by atoms with E-state index < -0.39 is 35.2 Å². The second-order valence-electron chi connectivity index (χ2n) is 7.91. The molecule has 1 fully saturated rings. The second kappa shape index (κ2) is 9.15. The van der Waals surface area contributed by atoms with Crippen LogP contribution in [0, 0.1) is 11.7 Å². The summed E-state index contributed by atoms with van der Waals surface area (Å²) in [5, 5.41) is 9.76.